The molecule has 3 rings (SSSR count). The van der Waals surface area contributed by atoms with Crippen molar-refractivity contribution < 1.29 is 18.8 Å². The van der Waals surface area contributed by atoms with Crippen molar-refractivity contribution in [2.24, 2.45) is 5.92 Å². The molecule has 0 amide bonds. The van der Waals surface area contributed by atoms with Crippen molar-refractivity contribution in [3.63, 3.8) is 0 Å². The quantitative estimate of drug-likeness (QED) is 0.606. The maximum atomic E-state index is 11.0. The van der Waals surface area contributed by atoms with Gasteiger partial charge in [0.25, 0.3) is 0 Å². The molecule has 142 valence electrons. The van der Waals surface area contributed by atoms with Gasteiger partial charge in [-0.1, -0.05) is 24.3 Å². The Hall–Kier alpha value is -1.33. The molecule has 0 atom stereocenters. The topological polar surface area (TPSA) is 44.8 Å². The Morgan fingerprint density at radius 1 is 1.04 bits per heavy atom. The summed E-state index contributed by atoms with van der Waals surface area (Å²) in [5.41, 5.74) is 1.85. The largest absolute Gasteiger partial charge is 0.494 e. The fourth-order valence-electron chi connectivity index (χ4n) is 3.80. The zero-order valence-corrected chi connectivity index (χ0v) is 16.7. The van der Waals surface area contributed by atoms with E-state index in [4.69, 9.17) is 14.0 Å². The van der Waals surface area contributed by atoms with E-state index in [1.165, 1.54) is 12.5 Å². The Balaban J connectivity index is 1.57. The number of hydrogen-bond donors (Lipinski definition) is 0. The molecule has 0 bridgehead atoms. The van der Waals surface area contributed by atoms with Crippen molar-refractivity contribution in [2.75, 3.05) is 6.61 Å². The summed E-state index contributed by atoms with van der Waals surface area (Å²) < 4.78 is 17.4. The van der Waals surface area contributed by atoms with Gasteiger partial charge < -0.3 is 14.0 Å². The van der Waals surface area contributed by atoms with Gasteiger partial charge in [-0.25, -0.2) is 0 Å². The molecular formula is C21H31BO4. The number of carbonyl (C=O) groups is 1. The normalized spacial score (nSPS) is 27.3. The smallest absolute Gasteiger partial charge is 0.466 e. The van der Waals surface area contributed by atoms with Crippen molar-refractivity contribution >= 4 is 18.6 Å². The molecule has 0 radical (unpaired) electrons. The molecule has 0 spiro atoms. The Labute approximate surface area is 157 Å². The van der Waals surface area contributed by atoms with Crippen LogP contribution in [0, 0.1) is 5.92 Å². The molecule has 1 saturated heterocycles. The number of esters is 1. The van der Waals surface area contributed by atoms with Crippen molar-refractivity contribution in [1.29, 1.82) is 0 Å². The van der Waals surface area contributed by atoms with Gasteiger partial charge in [0.2, 0.25) is 0 Å². The second-order valence-electron chi connectivity index (χ2n) is 8.78. The van der Waals surface area contributed by atoms with Crippen LogP contribution >= 0.6 is 0 Å². The highest BCUT2D eigenvalue weighted by atomic mass is 16.7. The molecule has 5 heteroatoms. The summed E-state index contributed by atoms with van der Waals surface area (Å²) in [6.45, 7) is 10.4. The minimum absolute atomic E-state index is 0.176. The van der Waals surface area contributed by atoms with Crippen LogP contribution in [0.5, 0.6) is 0 Å². The molecule has 26 heavy (non-hydrogen) atoms. The van der Waals surface area contributed by atoms with Crippen LogP contribution in [0.2, 0.25) is 0 Å². The van der Waals surface area contributed by atoms with Gasteiger partial charge in [0.1, 0.15) is 0 Å². The third-order valence-electron chi connectivity index (χ3n) is 6.30. The molecule has 1 heterocycles. The van der Waals surface area contributed by atoms with Crippen LogP contribution in [0.4, 0.5) is 0 Å². The lowest BCUT2D eigenvalue weighted by atomic mass is 9.75. The first-order chi connectivity index (χ1) is 12.2. The molecule has 1 aliphatic carbocycles. The molecule has 2 aliphatic rings. The summed E-state index contributed by atoms with van der Waals surface area (Å²) in [4.78, 5) is 11.0. The average molecular weight is 358 g/mol. The summed E-state index contributed by atoms with van der Waals surface area (Å²) in [5, 5.41) is 0. The SMILES string of the molecule is CC(=O)OCC1CCC(c2ccc(B3OC(C)(C)C(C)(C)O3)cc2)CC1. The van der Waals surface area contributed by atoms with Crippen LogP contribution in [0.3, 0.4) is 0 Å². The van der Waals surface area contributed by atoms with E-state index in [0.29, 0.717) is 18.4 Å². The lowest BCUT2D eigenvalue weighted by Gasteiger charge is -2.32. The average Bonchev–Trinajstić information content (AvgIpc) is 2.81. The Bertz CT molecular complexity index is 614. The predicted molar refractivity (Wildman–Crippen MR) is 103 cm³/mol. The summed E-state index contributed by atoms with van der Waals surface area (Å²) in [7, 11) is -0.298. The van der Waals surface area contributed by atoms with E-state index in [1.54, 1.807) is 0 Å². The highest BCUT2D eigenvalue weighted by Crippen LogP contribution is 2.37. The van der Waals surface area contributed by atoms with Crippen LogP contribution in [0.25, 0.3) is 0 Å². The third kappa shape index (κ3) is 4.15. The lowest BCUT2D eigenvalue weighted by molar-refractivity contribution is -0.142. The first-order valence-electron chi connectivity index (χ1n) is 9.77. The minimum atomic E-state index is -0.309. The lowest BCUT2D eigenvalue weighted by Crippen LogP contribution is -2.41. The number of ether oxygens (including phenoxy) is 1. The van der Waals surface area contributed by atoms with Crippen LogP contribution < -0.4 is 5.46 Å². The van der Waals surface area contributed by atoms with Gasteiger partial charge in [-0.05, 0) is 76.2 Å². The fraction of sp³-hybridized carbons (Fsp3) is 0.667. The van der Waals surface area contributed by atoms with E-state index in [2.05, 4.69) is 52.0 Å². The van der Waals surface area contributed by atoms with Crippen molar-refractivity contribution in [1.82, 2.24) is 0 Å². The molecule has 0 unspecified atom stereocenters. The molecule has 2 fully saturated rings. The van der Waals surface area contributed by atoms with E-state index < -0.39 is 0 Å². The van der Waals surface area contributed by atoms with Gasteiger partial charge in [-0.15, -0.1) is 0 Å². The van der Waals surface area contributed by atoms with E-state index in [9.17, 15) is 4.79 Å². The Morgan fingerprint density at radius 2 is 1.58 bits per heavy atom. The highest BCUT2D eigenvalue weighted by Gasteiger charge is 2.51. The van der Waals surface area contributed by atoms with Gasteiger partial charge in [0.05, 0.1) is 17.8 Å². The van der Waals surface area contributed by atoms with Gasteiger partial charge in [0.15, 0.2) is 0 Å². The van der Waals surface area contributed by atoms with Gasteiger partial charge in [-0.2, -0.15) is 0 Å². The molecule has 1 aromatic carbocycles. The zero-order chi connectivity index (χ0) is 18.9. The maximum Gasteiger partial charge on any atom is 0.494 e. The first kappa shape index (κ1) is 19.4. The molecule has 0 aromatic heterocycles. The number of benzene rings is 1. The first-order valence-corrected chi connectivity index (χ1v) is 9.77. The number of rotatable bonds is 4. The van der Waals surface area contributed by atoms with Gasteiger partial charge in [-0.3, -0.25) is 4.79 Å². The van der Waals surface area contributed by atoms with Crippen molar-refractivity contribution in [3.05, 3.63) is 29.8 Å². The molecule has 1 aromatic rings. The van der Waals surface area contributed by atoms with Crippen molar-refractivity contribution in [3.8, 4) is 0 Å². The number of carbonyl (C=O) groups excluding carboxylic acids is 1. The van der Waals surface area contributed by atoms with Gasteiger partial charge >= 0.3 is 13.1 Å². The summed E-state index contributed by atoms with van der Waals surface area (Å²) in [5.74, 6) is 0.931. The number of hydrogen-bond acceptors (Lipinski definition) is 4. The van der Waals surface area contributed by atoms with E-state index in [-0.39, 0.29) is 24.3 Å². The summed E-state index contributed by atoms with van der Waals surface area (Å²) in [6.07, 6.45) is 4.55. The maximum absolute atomic E-state index is 11.0. The third-order valence-corrected chi connectivity index (χ3v) is 6.30. The molecule has 0 N–H and O–H groups in total. The molecule has 1 aliphatic heterocycles. The fourth-order valence-corrected chi connectivity index (χ4v) is 3.80. The van der Waals surface area contributed by atoms with Crippen LogP contribution in [0.15, 0.2) is 24.3 Å². The second-order valence-corrected chi connectivity index (χ2v) is 8.78. The highest BCUT2D eigenvalue weighted by molar-refractivity contribution is 6.62. The van der Waals surface area contributed by atoms with E-state index in [0.717, 1.165) is 31.1 Å². The van der Waals surface area contributed by atoms with Crippen molar-refractivity contribution in [2.45, 2.75) is 77.4 Å². The molecular weight excluding hydrogens is 327 g/mol. The monoisotopic (exact) mass is 358 g/mol. The van der Waals surface area contributed by atoms with Gasteiger partial charge in [0, 0.05) is 6.92 Å². The van der Waals surface area contributed by atoms with E-state index >= 15 is 0 Å². The minimum Gasteiger partial charge on any atom is -0.466 e. The standard InChI is InChI=1S/C21H31BO4/c1-15(23)24-14-16-6-8-17(9-7-16)18-10-12-19(13-11-18)22-25-20(2,3)21(4,5)26-22/h10-13,16-17H,6-9,14H2,1-5H3. The van der Waals surface area contributed by atoms with E-state index in [1.807, 2.05) is 0 Å². The Morgan fingerprint density at radius 3 is 2.08 bits per heavy atom. The van der Waals surface area contributed by atoms with Crippen LogP contribution in [0.1, 0.15) is 71.8 Å². The molecule has 4 nitrogen and oxygen atoms in total. The summed E-state index contributed by atoms with van der Waals surface area (Å²) in [6, 6.07) is 8.72. The predicted octanol–water partition coefficient (Wildman–Crippen LogP) is 3.82. The van der Waals surface area contributed by atoms with Crippen LogP contribution in [-0.4, -0.2) is 30.9 Å². The molecule has 1 saturated carbocycles. The summed E-state index contributed by atoms with van der Waals surface area (Å²) >= 11 is 0. The Kier molecular flexibility index (Phi) is 5.50. The van der Waals surface area contributed by atoms with Crippen LogP contribution in [-0.2, 0) is 18.8 Å². The second kappa shape index (κ2) is 7.36. The zero-order valence-electron chi connectivity index (χ0n) is 16.7.